The molecule has 3 rings (SSSR count). The van der Waals surface area contributed by atoms with Crippen LogP contribution in [-0.4, -0.2) is 33.0 Å². The molecule has 0 unspecified atom stereocenters. The van der Waals surface area contributed by atoms with Gasteiger partial charge >= 0.3 is 0 Å². The van der Waals surface area contributed by atoms with Crippen LogP contribution in [0.1, 0.15) is 41.0 Å². The molecule has 0 fully saturated rings. The second kappa shape index (κ2) is 10.5. The lowest BCUT2D eigenvalue weighted by molar-refractivity contribution is -0.115. The molecule has 7 nitrogen and oxygen atoms in total. The Morgan fingerprint density at radius 3 is 2.42 bits per heavy atom. The molecule has 31 heavy (non-hydrogen) atoms. The second-order valence-corrected chi connectivity index (χ2v) is 9.28. The number of benzene rings is 2. The number of amides is 2. The molecule has 0 radical (unpaired) electrons. The molecule has 0 spiro atoms. The van der Waals surface area contributed by atoms with Crippen LogP contribution in [0.15, 0.2) is 52.9 Å². The molecule has 3 aromatic rings. The number of nitrogens with zero attached hydrogens (tertiary/aromatic N) is 2. The average molecular weight is 475 g/mol. The zero-order chi connectivity index (χ0) is 22.4. The smallest absolute Gasteiger partial charge is 0.259 e. The highest BCUT2D eigenvalue weighted by Gasteiger charge is 2.21. The van der Waals surface area contributed by atoms with Crippen LogP contribution in [0.3, 0.4) is 0 Å². The van der Waals surface area contributed by atoms with Crippen LogP contribution in [0.5, 0.6) is 0 Å². The van der Waals surface area contributed by atoms with Crippen molar-refractivity contribution in [1.29, 1.82) is 0 Å². The van der Waals surface area contributed by atoms with Crippen LogP contribution >= 0.6 is 34.7 Å². The van der Waals surface area contributed by atoms with E-state index in [-0.39, 0.29) is 17.6 Å². The topological polar surface area (TPSA) is 101 Å². The minimum absolute atomic E-state index is 0.0337. The number of ketones is 1. The third kappa shape index (κ3) is 6.13. The molecule has 1 atom stereocenters. The molecule has 0 aliphatic carbocycles. The van der Waals surface area contributed by atoms with Crippen molar-refractivity contribution in [3.8, 4) is 0 Å². The summed E-state index contributed by atoms with van der Waals surface area (Å²) < 4.78 is 0.559. The van der Waals surface area contributed by atoms with Crippen molar-refractivity contribution in [2.24, 2.45) is 0 Å². The van der Waals surface area contributed by atoms with Gasteiger partial charge in [-0.1, -0.05) is 53.8 Å². The fraction of sp³-hybridized carbons (Fsp3) is 0.190. The maximum absolute atomic E-state index is 12.6. The standard InChI is InChI=1S/C21H19ClN4O3S2/c1-3-17(19(29)23-14-10-8-13(9-11-14)12(2)27)30-21-26-25-20(31-21)24-18(28)15-6-4-5-7-16(15)22/h4-11,17H,3H2,1-2H3,(H,23,29)(H,24,25,28)/t17-/m1/s1. The minimum atomic E-state index is -0.396. The second-order valence-electron chi connectivity index (χ2n) is 6.44. The molecule has 1 heterocycles. The van der Waals surface area contributed by atoms with Crippen molar-refractivity contribution >= 4 is 63.1 Å². The first-order valence-corrected chi connectivity index (χ1v) is 11.4. The lowest BCUT2D eigenvalue weighted by Gasteiger charge is -2.13. The molecular weight excluding hydrogens is 456 g/mol. The van der Waals surface area contributed by atoms with Crippen molar-refractivity contribution in [3.63, 3.8) is 0 Å². The van der Waals surface area contributed by atoms with E-state index in [0.29, 0.717) is 37.7 Å². The van der Waals surface area contributed by atoms with Gasteiger partial charge in [-0.2, -0.15) is 0 Å². The van der Waals surface area contributed by atoms with Gasteiger partial charge in [-0.3, -0.25) is 19.7 Å². The van der Waals surface area contributed by atoms with Crippen molar-refractivity contribution in [2.45, 2.75) is 29.9 Å². The number of rotatable bonds is 8. The highest BCUT2D eigenvalue weighted by Crippen LogP contribution is 2.31. The Kier molecular flexibility index (Phi) is 7.78. The van der Waals surface area contributed by atoms with E-state index >= 15 is 0 Å². The summed E-state index contributed by atoms with van der Waals surface area (Å²) in [4.78, 5) is 36.4. The van der Waals surface area contributed by atoms with Gasteiger partial charge in [-0.25, -0.2) is 0 Å². The molecule has 10 heteroatoms. The van der Waals surface area contributed by atoms with E-state index in [2.05, 4.69) is 20.8 Å². The summed E-state index contributed by atoms with van der Waals surface area (Å²) in [6.45, 7) is 3.39. The Hall–Kier alpha value is -2.75. The summed E-state index contributed by atoms with van der Waals surface area (Å²) in [5.41, 5.74) is 1.54. The lowest BCUT2D eigenvalue weighted by Crippen LogP contribution is -2.24. The average Bonchev–Trinajstić information content (AvgIpc) is 3.19. The molecule has 2 N–H and O–H groups in total. The van der Waals surface area contributed by atoms with Crippen molar-refractivity contribution < 1.29 is 14.4 Å². The van der Waals surface area contributed by atoms with Gasteiger partial charge in [0.25, 0.3) is 5.91 Å². The number of hydrogen-bond acceptors (Lipinski definition) is 7. The van der Waals surface area contributed by atoms with Gasteiger partial charge < -0.3 is 5.32 Å². The summed E-state index contributed by atoms with van der Waals surface area (Å²) in [5, 5.41) is 13.8. The number of carbonyl (C=O) groups excluding carboxylic acids is 3. The van der Waals surface area contributed by atoms with Crippen LogP contribution in [0.2, 0.25) is 5.02 Å². The number of carbonyl (C=O) groups is 3. The van der Waals surface area contributed by atoms with Crippen LogP contribution < -0.4 is 10.6 Å². The monoisotopic (exact) mass is 474 g/mol. The van der Waals surface area contributed by atoms with Gasteiger partial charge in [0.05, 0.1) is 15.8 Å². The highest BCUT2D eigenvalue weighted by molar-refractivity contribution is 8.02. The number of nitrogens with one attached hydrogen (secondary N) is 2. The number of halogens is 1. The van der Waals surface area contributed by atoms with E-state index in [1.807, 2.05) is 6.92 Å². The van der Waals surface area contributed by atoms with E-state index in [9.17, 15) is 14.4 Å². The first kappa shape index (κ1) is 22.9. The molecule has 160 valence electrons. The van der Waals surface area contributed by atoms with Gasteiger partial charge in [0.15, 0.2) is 10.1 Å². The van der Waals surface area contributed by atoms with Crippen LogP contribution in [0.4, 0.5) is 10.8 Å². The first-order chi connectivity index (χ1) is 14.9. The SMILES string of the molecule is CC[C@@H](Sc1nnc(NC(=O)c2ccccc2Cl)s1)C(=O)Nc1ccc(C(C)=O)cc1. The Bertz CT molecular complexity index is 1100. The summed E-state index contributed by atoms with van der Waals surface area (Å²) in [7, 11) is 0. The Balaban J connectivity index is 1.61. The number of aromatic nitrogens is 2. The number of hydrogen-bond donors (Lipinski definition) is 2. The maximum Gasteiger partial charge on any atom is 0.259 e. The first-order valence-electron chi connectivity index (χ1n) is 9.35. The van der Waals surface area contributed by atoms with Crippen LogP contribution in [0, 0.1) is 0 Å². The fourth-order valence-corrected chi connectivity index (χ4v) is 4.71. The van der Waals surface area contributed by atoms with E-state index in [0.717, 1.165) is 0 Å². The Morgan fingerprint density at radius 2 is 1.77 bits per heavy atom. The fourth-order valence-electron chi connectivity index (χ4n) is 2.57. The van der Waals surface area contributed by atoms with E-state index in [4.69, 9.17) is 11.6 Å². The number of anilines is 2. The largest absolute Gasteiger partial charge is 0.325 e. The van der Waals surface area contributed by atoms with Crippen LogP contribution in [-0.2, 0) is 4.79 Å². The summed E-state index contributed by atoms with van der Waals surface area (Å²) in [6.07, 6.45) is 0.572. The highest BCUT2D eigenvalue weighted by atomic mass is 35.5. The molecule has 0 bridgehead atoms. The molecule has 0 aliphatic rings. The third-order valence-electron chi connectivity index (χ3n) is 4.21. The number of thioether (sulfide) groups is 1. The van der Waals surface area contributed by atoms with Crippen molar-refractivity contribution in [2.75, 3.05) is 10.6 Å². The Labute approximate surface area is 192 Å². The van der Waals surface area contributed by atoms with Gasteiger partial charge in [-0.15, -0.1) is 10.2 Å². The molecule has 2 amide bonds. The summed E-state index contributed by atoms with van der Waals surface area (Å²) >= 11 is 8.50. The Morgan fingerprint density at radius 1 is 1.06 bits per heavy atom. The normalized spacial score (nSPS) is 11.6. The van der Waals surface area contributed by atoms with Crippen molar-refractivity contribution in [3.05, 3.63) is 64.7 Å². The summed E-state index contributed by atoms with van der Waals surface area (Å²) in [6, 6.07) is 13.4. The molecular formula is C21H19ClN4O3S2. The molecule has 0 saturated carbocycles. The van der Waals surface area contributed by atoms with E-state index in [1.165, 1.54) is 30.0 Å². The number of Topliss-reactive ketones (excluding diaryl/α,β-unsaturated/α-hetero) is 1. The van der Waals surface area contributed by atoms with Crippen LogP contribution in [0.25, 0.3) is 0 Å². The zero-order valence-electron chi connectivity index (χ0n) is 16.7. The zero-order valence-corrected chi connectivity index (χ0v) is 19.1. The predicted molar refractivity (Wildman–Crippen MR) is 124 cm³/mol. The molecule has 0 saturated heterocycles. The van der Waals surface area contributed by atoms with Gasteiger partial charge in [0.2, 0.25) is 11.0 Å². The summed E-state index contributed by atoms with van der Waals surface area (Å²) in [5.74, 6) is -0.592. The van der Waals surface area contributed by atoms with Gasteiger partial charge in [-0.05, 0) is 49.7 Å². The minimum Gasteiger partial charge on any atom is -0.325 e. The predicted octanol–water partition coefficient (Wildman–Crippen LogP) is 5.16. The van der Waals surface area contributed by atoms with Crippen molar-refractivity contribution in [1.82, 2.24) is 10.2 Å². The van der Waals surface area contributed by atoms with Gasteiger partial charge in [0.1, 0.15) is 0 Å². The van der Waals surface area contributed by atoms with E-state index < -0.39 is 5.25 Å². The lowest BCUT2D eigenvalue weighted by atomic mass is 10.1. The van der Waals surface area contributed by atoms with Gasteiger partial charge in [0, 0.05) is 11.3 Å². The quantitative estimate of drug-likeness (QED) is 0.266. The van der Waals surface area contributed by atoms with E-state index in [1.54, 1.807) is 48.5 Å². The molecule has 2 aromatic carbocycles. The third-order valence-corrected chi connectivity index (χ3v) is 6.83. The maximum atomic E-state index is 12.6. The molecule has 1 aromatic heterocycles. The molecule has 0 aliphatic heterocycles.